The molecule has 30 heavy (non-hydrogen) atoms. The summed E-state index contributed by atoms with van der Waals surface area (Å²) in [5, 5.41) is 4.87. The molecule has 1 aromatic heterocycles. The van der Waals surface area contributed by atoms with Gasteiger partial charge in [-0.3, -0.25) is 4.79 Å². The van der Waals surface area contributed by atoms with Gasteiger partial charge in [-0.1, -0.05) is 66.2 Å². The van der Waals surface area contributed by atoms with Gasteiger partial charge >= 0.3 is 0 Å². The first-order valence-corrected chi connectivity index (χ1v) is 9.93. The van der Waals surface area contributed by atoms with Crippen molar-refractivity contribution in [2.75, 3.05) is 11.9 Å². The molecule has 2 heterocycles. The number of aromatic nitrogens is 2. The second-order valence-electron chi connectivity index (χ2n) is 7.52. The Morgan fingerprint density at radius 2 is 1.57 bits per heavy atom. The first-order chi connectivity index (χ1) is 14.6. The van der Waals surface area contributed by atoms with Crippen molar-refractivity contribution < 1.29 is 4.79 Å². The van der Waals surface area contributed by atoms with Crippen molar-refractivity contribution in [2.24, 2.45) is 0 Å². The molecule has 3 aromatic carbocycles. The van der Waals surface area contributed by atoms with Crippen LogP contribution in [0, 0.1) is 6.92 Å². The van der Waals surface area contributed by atoms with Crippen LogP contribution in [0.4, 0.5) is 5.69 Å². The lowest BCUT2D eigenvalue weighted by atomic mass is 10.0. The van der Waals surface area contributed by atoms with Crippen molar-refractivity contribution in [3.05, 3.63) is 102 Å². The van der Waals surface area contributed by atoms with E-state index in [9.17, 15) is 4.79 Å². The summed E-state index contributed by atoms with van der Waals surface area (Å²) in [6, 6.07) is 26.2. The number of nitrogens with zero attached hydrogens (tertiary/aromatic N) is 3. The molecule has 4 nitrogen and oxygen atoms in total. The fourth-order valence-electron chi connectivity index (χ4n) is 3.84. The third-order valence-electron chi connectivity index (χ3n) is 5.48. The molecule has 0 bridgehead atoms. The topological polar surface area (TPSA) is 38.1 Å². The minimum atomic E-state index is -0.00137. The second kappa shape index (κ2) is 7.16. The van der Waals surface area contributed by atoms with E-state index in [1.165, 1.54) is 5.56 Å². The van der Waals surface area contributed by atoms with Crippen molar-refractivity contribution in [3.63, 3.8) is 0 Å². The molecule has 0 unspecified atom stereocenters. The van der Waals surface area contributed by atoms with Crippen LogP contribution in [0.5, 0.6) is 0 Å². The minimum absolute atomic E-state index is 0.00137. The summed E-state index contributed by atoms with van der Waals surface area (Å²) >= 11 is 0. The SMILES string of the molecule is Cc1ccc(-c2nn(-c3ccccc3)cc2/C=C2\C(=O)N(C)c3ccccc32)cc1. The number of likely N-dealkylation sites (N-methyl/N-ethyl adjacent to an activating group) is 1. The fraction of sp³-hybridized carbons (Fsp3) is 0.0769. The van der Waals surface area contributed by atoms with Crippen LogP contribution in [0.1, 0.15) is 16.7 Å². The molecule has 4 aromatic rings. The van der Waals surface area contributed by atoms with Crippen molar-refractivity contribution in [1.82, 2.24) is 9.78 Å². The number of amides is 1. The Kier molecular flexibility index (Phi) is 4.32. The highest BCUT2D eigenvalue weighted by Crippen LogP contribution is 2.37. The van der Waals surface area contributed by atoms with Gasteiger partial charge in [-0.05, 0) is 31.2 Å². The van der Waals surface area contributed by atoms with E-state index >= 15 is 0 Å². The molecule has 1 aliphatic heterocycles. The first-order valence-electron chi connectivity index (χ1n) is 9.93. The number of hydrogen-bond donors (Lipinski definition) is 0. The zero-order chi connectivity index (χ0) is 20.7. The van der Waals surface area contributed by atoms with E-state index < -0.39 is 0 Å². The maximum Gasteiger partial charge on any atom is 0.258 e. The number of para-hydroxylation sites is 2. The van der Waals surface area contributed by atoms with E-state index in [1.54, 1.807) is 4.90 Å². The van der Waals surface area contributed by atoms with Crippen molar-refractivity contribution in [3.8, 4) is 16.9 Å². The number of fused-ring (bicyclic) bond motifs is 1. The number of benzene rings is 3. The van der Waals surface area contributed by atoms with E-state index in [1.807, 2.05) is 78.6 Å². The predicted molar refractivity (Wildman–Crippen MR) is 121 cm³/mol. The highest BCUT2D eigenvalue weighted by atomic mass is 16.2. The van der Waals surface area contributed by atoms with E-state index in [0.29, 0.717) is 5.57 Å². The molecule has 5 rings (SSSR count). The standard InChI is InChI=1S/C26H21N3O/c1-18-12-14-19(15-13-18)25-20(17-29(27-25)21-8-4-3-5-9-21)16-23-22-10-6-7-11-24(22)28(2)26(23)30/h3-17H,1-2H3/b23-16-. The smallest absolute Gasteiger partial charge is 0.258 e. The molecule has 0 spiro atoms. The maximum absolute atomic E-state index is 13.0. The van der Waals surface area contributed by atoms with Crippen molar-refractivity contribution >= 4 is 23.2 Å². The average molecular weight is 391 g/mol. The van der Waals surface area contributed by atoms with Gasteiger partial charge in [0, 0.05) is 35.5 Å². The van der Waals surface area contributed by atoms with Gasteiger partial charge in [-0.25, -0.2) is 4.68 Å². The van der Waals surface area contributed by atoms with Crippen LogP contribution >= 0.6 is 0 Å². The summed E-state index contributed by atoms with van der Waals surface area (Å²) in [6.45, 7) is 2.07. The summed E-state index contributed by atoms with van der Waals surface area (Å²) < 4.78 is 1.87. The van der Waals surface area contributed by atoms with Crippen LogP contribution in [-0.2, 0) is 4.79 Å². The molecule has 0 saturated heterocycles. The molecule has 0 saturated carbocycles. The van der Waals surface area contributed by atoms with Crippen molar-refractivity contribution in [2.45, 2.75) is 6.92 Å². The minimum Gasteiger partial charge on any atom is -0.311 e. The molecule has 0 aliphatic carbocycles. The Morgan fingerprint density at radius 3 is 2.33 bits per heavy atom. The summed E-state index contributed by atoms with van der Waals surface area (Å²) in [5.41, 5.74) is 7.53. The predicted octanol–water partition coefficient (Wildman–Crippen LogP) is 5.36. The largest absolute Gasteiger partial charge is 0.311 e. The molecule has 1 amide bonds. The van der Waals surface area contributed by atoms with Crippen LogP contribution in [-0.4, -0.2) is 22.7 Å². The lowest BCUT2D eigenvalue weighted by Crippen LogP contribution is -2.20. The first kappa shape index (κ1) is 18.1. The third kappa shape index (κ3) is 3.03. The number of hydrogen-bond acceptors (Lipinski definition) is 2. The zero-order valence-electron chi connectivity index (χ0n) is 16.9. The lowest BCUT2D eigenvalue weighted by molar-refractivity contribution is -0.112. The Hall–Kier alpha value is -3.92. The quantitative estimate of drug-likeness (QED) is 0.441. The van der Waals surface area contributed by atoms with E-state index in [-0.39, 0.29) is 5.91 Å². The maximum atomic E-state index is 13.0. The Balaban J connectivity index is 1.69. The molecule has 1 aliphatic rings. The number of carbonyl (C=O) groups excluding carboxylic acids is 1. The molecule has 0 atom stereocenters. The normalized spacial score (nSPS) is 14.4. The summed E-state index contributed by atoms with van der Waals surface area (Å²) in [5.74, 6) is -0.00137. The molecular formula is C26H21N3O. The monoisotopic (exact) mass is 391 g/mol. The van der Waals surface area contributed by atoms with Gasteiger partial charge in [0.15, 0.2) is 0 Å². The van der Waals surface area contributed by atoms with Gasteiger partial charge in [0.1, 0.15) is 0 Å². The zero-order valence-corrected chi connectivity index (χ0v) is 16.9. The van der Waals surface area contributed by atoms with Crippen LogP contribution in [0.2, 0.25) is 0 Å². The molecular weight excluding hydrogens is 370 g/mol. The van der Waals surface area contributed by atoms with Gasteiger partial charge in [0.25, 0.3) is 5.91 Å². The highest BCUT2D eigenvalue weighted by Gasteiger charge is 2.29. The lowest BCUT2D eigenvalue weighted by Gasteiger charge is -2.07. The van der Waals surface area contributed by atoms with Crippen LogP contribution < -0.4 is 4.90 Å². The number of aryl methyl sites for hydroxylation is 1. The second-order valence-corrected chi connectivity index (χ2v) is 7.52. The van der Waals surface area contributed by atoms with Gasteiger partial charge in [0.05, 0.1) is 17.1 Å². The average Bonchev–Trinajstić information content (AvgIpc) is 3.31. The van der Waals surface area contributed by atoms with Crippen LogP contribution in [0.3, 0.4) is 0 Å². The third-order valence-corrected chi connectivity index (χ3v) is 5.48. The van der Waals surface area contributed by atoms with Gasteiger partial charge < -0.3 is 4.90 Å². The van der Waals surface area contributed by atoms with Crippen molar-refractivity contribution in [1.29, 1.82) is 0 Å². The van der Waals surface area contributed by atoms with E-state index in [2.05, 4.69) is 31.2 Å². The number of anilines is 1. The molecule has 0 N–H and O–H groups in total. The number of rotatable bonds is 3. The Labute approximate surface area is 175 Å². The van der Waals surface area contributed by atoms with Gasteiger partial charge in [-0.15, -0.1) is 0 Å². The van der Waals surface area contributed by atoms with Gasteiger partial charge in [-0.2, -0.15) is 5.10 Å². The molecule has 146 valence electrons. The fourth-order valence-corrected chi connectivity index (χ4v) is 3.84. The molecule has 4 heteroatoms. The summed E-state index contributed by atoms with van der Waals surface area (Å²) in [4.78, 5) is 14.7. The summed E-state index contributed by atoms with van der Waals surface area (Å²) in [6.07, 6.45) is 3.96. The molecule has 0 fully saturated rings. The van der Waals surface area contributed by atoms with Gasteiger partial charge in [0.2, 0.25) is 0 Å². The van der Waals surface area contributed by atoms with E-state index in [4.69, 9.17) is 5.10 Å². The number of carbonyl (C=O) groups is 1. The Bertz CT molecular complexity index is 1270. The van der Waals surface area contributed by atoms with Crippen LogP contribution in [0.15, 0.2) is 85.1 Å². The highest BCUT2D eigenvalue weighted by molar-refractivity contribution is 6.35. The Morgan fingerprint density at radius 1 is 0.867 bits per heavy atom. The van der Waals surface area contributed by atoms with Crippen LogP contribution in [0.25, 0.3) is 28.6 Å². The summed E-state index contributed by atoms with van der Waals surface area (Å²) in [7, 11) is 1.82. The van der Waals surface area contributed by atoms with E-state index in [0.717, 1.165) is 33.8 Å². The molecule has 0 radical (unpaired) electrons.